The Morgan fingerprint density at radius 2 is 2.20 bits per heavy atom. The van der Waals surface area contributed by atoms with Crippen LogP contribution in [0.4, 0.5) is 13.2 Å². The summed E-state index contributed by atoms with van der Waals surface area (Å²) in [6, 6.07) is 0. The lowest BCUT2D eigenvalue weighted by molar-refractivity contribution is -0.196. The molecule has 0 bridgehead atoms. The Morgan fingerprint density at radius 3 is 2.50 bits per heavy atom. The monoisotopic (exact) mass is 153 g/mol. The highest BCUT2D eigenvalue weighted by Crippen LogP contribution is 2.22. The van der Waals surface area contributed by atoms with Crippen molar-refractivity contribution in [3.63, 3.8) is 0 Å². The molecule has 0 N–H and O–H groups in total. The molecule has 10 heavy (non-hydrogen) atoms. The molecule has 0 aromatic rings. The number of hydrogen-bond acceptors (Lipinski definition) is 2. The summed E-state index contributed by atoms with van der Waals surface area (Å²) in [6.45, 7) is 0.382. The molecule has 1 aliphatic rings. The van der Waals surface area contributed by atoms with E-state index >= 15 is 0 Å². The molecule has 0 aliphatic carbocycles. The number of halogens is 3. The van der Waals surface area contributed by atoms with Crippen molar-refractivity contribution in [3.8, 4) is 0 Å². The Kier molecular flexibility index (Phi) is 1.94. The van der Waals surface area contributed by atoms with Gasteiger partial charge in [0.1, 0.15) is 0 Å². The summed E-state index contributed by atoms with van der Waals surface area (Å²) in [5, 5.41) is 0. The molecule has 0 spiro atoms. The van der Waals surface area contributed by atoms with Crippen LogP contribution in [0.5, 0.6) is 0 Å². The minimum Gasteiger partial charge on any atom is -0.361 e. The first kappa shape index (κ1) is 7.53. The van der Waals surface area contributed by atoms with E-state index in [0.29, 0.717) is 6.54 Å². The largest absolute Gasteiger partial charge is 0.419 e. The van der Waals surface area contributed by atoms with Gasteiger partial charge in [0.2, 0.25) is 0 Å². The lowest BCUT2D eigenvalue weighted by Crippen LogP contribution is -2.36. The van der Waals surface area contributed by atoms with E-state index in [1.807, 2.05) is 0 Å². The third-order valence-corrected chi connectivity index (χ3v) is 1.08. The third kappa shape index (κ3) is 1.70. The van der Waals surface area contributed by atoms with Crippen molar-refractivity contribution in [1.82, 2.24) is 0 Å². The molecule has 2 nitrogen and oxygen atoms in total. The van der Waals surface area contributed by atoms with Gasteiger partial charge in [-0.3, -0.25) is 4.99 Å². The standard InChI is InChI=1S/C5H6F3NO/c6-5(7,8)4-3-9-1-2-10-4/h3-4H,1-2H2. The van der Waals surface area contributed by atoms with Crippen molar-refractivity contribution in [2.45, 2.75) is 12.3 Å². The van der Waals surface area contributed by atoms with Gasteiger partial charge in [-0.05, 0) is 0 Å². The van der Waals surface area contributed by atoms with Crippen molar-refractivity contribution in [3.05, 3.63) is 0 Å². The average Bonchev–Trinajstić information content (AvgIpc) is 1.88. The van der Waals surface area contributed by atoms with Crippen LogP contribution in [-0.2, 0) is 4.74 Å². The highest BCUT2D eigenvalue weighted by Gasteiger charge is 2.40. The Bertz CT molecular complexity index is 142. The molecule has 1 rings (SSSR count). The first-order chi connectivity index (χ1) is 4.61. The molecule has 5 heteroatoms. The van der Waals surface area contributed by atoms with Crippen LogP contribution in [0.25, 0.3) is 0 Å². The van der Waals surface area contributed by atoms with Crippen LogP contribution in [0.3, 0.4) is 0 Å². The number of alkyl halides is 3. The van der Waals surface area contributed by atoms with E-state index in [2.05, 4.69) is 9.73 Å². The van der Waals surface area contributed by atoms with Crippen molar-refractivity contribution in [1.29, 1.82) is 0 Å². The van der Waals surface area contributed by atoms with Gasteiger partial charge in [-0.2, -0.15) is 13.2 Å². The highest BCUT2D eigenvalue weighted by atomic mass is 19.4. The van der Waals surface area contributed by atoms with Crippen LogP contribution in [0.15, 0.2) is 4.99 Å². The zero-order chi connectivity index (χ0) is 7.61. The molecule has 58 valence electrons. The SMILES string of the molecule is FC(F)(F)C1C=NCCO1. The zero-order valence-electron chi connectivity index (χ0n) is 5.06. The number of ether oxygens (including phenoxy) is 1. The third-order valence-electron chi connectivity index (χ3n) is 1.08. The fourth-order valence-corrected chi connectivity index (χ4v) is 0.625. The zero-order valence-corrected chi connectivity index (χ0v) is 5.06. The lowest BCUT2D eigenvalue weighted by atomic mass is 10.3. The fourth-order valence-electron chi connectivity index (χ4n) is 0.625. The first-order valence-corrected chi connectivity index (χ1v) is 2.79. The molecule has 0 saturated heterocycles. The van der Waals surface area contributed by atoms with Crippen molar-refractivity contribution in [2.75, 3.05) is 13.2 Å². The Morgan fingerprint density at radius 1 is 1.50 bits per heavy atom. The normalized spacial score (nSPS) is 26.9. The van der Waals surface area contributed by atoms with Gasteiger partial charge in [0, 0.05) is 6.21 Å². The summed E-state index contributed by atoms with van der Waals surface area (Å²) in [6.07, 6.45) is -5.30. The van der Waals surface area contributed by atoms with Gasteiger partial charge in [0.25, 0.3) is 0 Å². The second kappa shape index (κ2) is 2.57. The van der Waals surface area contributed by atoms with Gasteiger partial charge in [-0.1, -0.05) is 0 Å². The van der Waals surface area contributed by atoms with Gasteiger partial charge < -0.3 is 4.74 Å². The minimum absolute atomic E-state index is 0.0562. The molecule has 0 aromatic carbocycles. The van der Waals surface area contributed by atoms with Crippen LogP contribution < -0.4 is 0 Å². The minimum atomic E-state index is -4.30. The molecule has 0 saturated carbocycles. The van der Waals surface area contributed by atoms with E-state index in [-0.39, 0.29) is 6.61 Å². The molecule has 0 fully saturated rings. The van der Waals surface area contributed by atoms with Crippen LogP contribution in [0.2, 0.25) is 0 Å². The predicted octanol–water partition coefficient (Wildman–Crippen LogP) is 1.02. The van der Waals surface area contributed by atoms with Gasteiger partial charge in [-0.25, -0.2) is 0 Å². The second-order valence-corrected chi connectivity index (χ2v) is 1.89. The summed E-state index contributed by atoms with van der Waals surface area (Å²) >= 11 is 0. The molecule has 0 amide bonds. The molecular formula is C5H6F3NO. The number of nitrogens with zero attached hydrogens (tertiary/aromatic N) is 1. The summed E-state index contributed by atoms with van der Waals surface area (Å²) in [5.41, 5.74) is 0. The smallest absolute Gasteiger partial charge is 0.361 e. The van der Waals surface area contributed by atoms with Crippen molar-refractivity contribution >= 4 is 6.21 Å². The molecule has 0 aromatic heterocycles. The topological polar surface area (TPSA) is 21.6 Å². The average molecular weight is 153 g/mol. The Labute approximate surface area is 55.7 Å². The van der Waals surface area contributed by atoms with Crippen LogP contribution >= 0.6 is 0 Å². The van der Waals surface area contributed by atoms with Crippen molar-refractivity contribution in [2.24, 2.45) is 4.99 Å². The molecule has 1 atom stereocenters. The second-order valence-electron chi connectivity index (χ2n) is 1.89. The highest BCUT2D eigenvalue weighted by molar-refractivity contribution is 5.64. The number of rotatable bonds is 0. The predicted molar refractivity (Wildman–Crippen MR) is 29.2 cm³/mol. The molecule has 0 radical (unpaired) electrons. The van der Waals surface area contributed by atoms with Gasteiger partial charge in [-0.15, -0.1) is 0 Å². The quantitative estimate of drug-likeness (QED) is 0.509. The van der Waals surface area contributed by atoms with Crippen LogP contribution in [0, 0.1) is 0 Å². The van der Waals surface area contributed by atoms with Gasteiger partial charge in [0.15, 0.2) is 6.10 Å². The first-order valence-electron chi connectivity index (χ1n) is 2.79. The van der Waals surface area contributed by atoms with Crippen molar-refractivity contribution < 1.29 is 17.9 Å². The fraction of sp³-hybridized carbons (Fsp3) is 0.800. The van der Waals surface area contributed by atoms with Crippen LogP contribution in [-0.4, -0.2) is 31.6 Å². The molecule has 1 unspecified atom stereocenters. The van der Waals surface area contributed by atoms with Gasteiger partial charge >= 0.3 is 6.18 Å². The van der Waals surface area contributed by atoms with E-state index in [0.717, 1.165) is 6.21 Å². The maximum Gasteiger partial charge on any atom is 0.419 e. The van der Waals surface area contributed by atoms with E-state index < -0.39 is 12.3 Å². The van der Waals surface area contributed by atoms with Gasteiger partial charge in [0.05, 0.1) is 13.2 Å². The van der Waals surface area contributed by atoms with E-state index in [9.17, 15) is 13.2 Å². The summed E-state index contributed by atoms with van der Waals surface area (Å²) in [5.74, 6) is 0. The summed E-state index contributed by atoms with van der Waals surface area (Å²) in [4.78, 5) is 3.45. The maximum atomic E-state index is 11.7. The Hall–Kier alpha value is -0.580. The van der Waals surface area contributed by atoms with E-state index in [1.165, 1.54) is 0 Å². The number of aliphatic imine (C=N–C) groups is 1. The van der Waals surface area contributed by atoms with E-state index in [1.54, 1.807) is 0 Å². The van der Waals surface area contributed by atoms with E-state index in [4.69, 9.17) is 0 Å². The Balaban J connectivity index is 2.55. The van der Waals surface area contributed by atoms with Crippen LogP contribution in [0.1, 0.15) is 0 Å². The molecule has 1 heterocycles. The summed E-state index contributed by atoms with van der Waals surface area (Å²) < 4.78 is 39.5. The molecular weight excluding hydrogens is 147 g/mol. The lowest BCUT2D eigenvalue weighted by Gasteiger charge is -2.19. The maximum absolute atomic E-state index is 11.7. The summed E-state index contributed by atoms with van der Waals surface area (Å²) in [7, 11) is 0. The molecule has 1 aliphatic heterocycles. The number of hydrogen-bond donors (Lipinski definition) is 0.